The molecular weight excluding hydrogens is 160 g/mol. The van der Waals surface area contributed by atoms with Crippen LogP contribution < -0.4 is 5.32 Å². The van der Waals surface area contributed by atoms with E-state index in [0.717, 1.165) is 0 Å². The number of likely N-dealkylation sites (tertiary alicyclic amines) is 1. The smallest absolute Gasteiger partial charge is 0.0802 e. The van der Waals surface area contributed by atoms with E-state index in [1.807, 2.05) is 0 Å². The van der Waals surface area contributed by atoms with Gasteiger partial charge in [0.1, 0.15) is 0 Å². The van der Waals surface area contributed by atoms with Gasteiger partial charge in [0.25, 0.3) is 0 Å². The molecule has 1 rings (SSSR count). The fraction of sp³-hybridized carbons (Fsp3) is 1.00. The van der Waals surface area contributed by atoms with Crippen molar-refractivity contribution in [2.24, 2.45) is 0 Å². The molecule has 1 heterocycles. The van der Waals surface area contributed by atoms with Crippen molar-refractivity contribution in [1.82, 2.24) is 5.32 Å². The summed E-state index contributed by atoms with van der Waals surface area (Å²) in [5, 5.41) is 3.37. The van der Waals surface area contributed by atoms with E-state index in [2.05, 4.69) is 33.3 Å². The average molecular weight is 185 g/mol. The number of hydrogen-bond acceptors (Lipinski definition) is 1. The van der Waals surface area contributed by atoms with Gasteiger partial charge < -0.3 is 9.80 Å². The fourth-order valence-electron chi connectivity index (χ4n) is 2.00. The summed E-state index contributed by atoms with van der Waals surface area (Å²) in [6.07, 6.45) is 4.13. The highest BCUT2D eigenvalue weighted by molar-refractivity contribution is 4.74. The first-order valence-corrected chi connectivity index (χ1v) is 5.50. The number of nitrogens with one attached hydrogen (secondary N) is 1. The zero-order chi connectivity index (χ0) is 9.95. The van der Waals surface area contributed by atoms with Crippen LogP contribution in [0.15, 0.2) is 0 Å². The van der Waals surface area contributed by atoms with Crippen molar-refractivity contribution < 1.29 is 4.48 Å². The quantitative estimate of drug-likeness (QED) is 0.656. The minimum Gasteiger partial charge on any atom is -0.326 e. The molecule has 0 aromatic rings. The Bertz CT molecular complexity index is 157. The SMILES string of the molecule is CNC(C)(C)CC[N+]1(C)CCCC1. The molecule has 0 bridgehead atoms. The van der Waals surface area contributed by atoms with E-state index in [4.69, 9.17) is 0 Å². The summed E-state index contributed by atoms with van der Waals surface area (Å²) < 4.78 is 1.30. The maximum atomic E-state index is 3.37. The van der Waals surface area contributed by atoms with Crippen molar-refractivity contribution in [3.63, 3.8) is 0 Å². The van der Waals surface area contributed by atoms with Crippen LogP contribution in [0.4, 0.5) is 0 Å². The fourth-order valence-corrected chi connectivity index (χ4v) is 2.00. The monoisotopic (exact) mass is 185 g/mol. The standard InChI is InChI=1S/C11H25N2/c1-11(2,12-3)7-10-13(4)8-5-6-9-13/h12H,5-10H2,1-4H3/q+1. The number of quaternary nitrogens is 1. The van der Waals surface area contributed by atoms with Crippen LogP contribution in [0.2, 0.25) is 0 Å². The second-order valence-corrected chi connectivity index (χ2v) is 5.38. The van der Waals surface area contributed by atoms with Gasteiger partial charge in [-0.2, -0.15) is 0 Å². The maximum Gasteiger partial charge on any atom is 0.0802 e. The largest absolute Gasteiger partial charge is 0.326 e. The summed E-state index contributed by atoms with van der Waals surface area (Å²) in [6.45, 7) is 8.68. The summed E-state index contributed by atoms with van der Waals surface area (Å²) in [4.78, 5) is 0. The lowest BCUT2D eigenvalue weighted by Gasteiger charge is -2.33. The zero-order valence-electron chi connectivity index (χ0n) is 9.69. The van der Waals surface area contributed by atoms with Gasteiger partial charge in [-0.3, -0.25) is 0 Å². The molecule has 0 aromatic carbocycles. The third kappa shape index (κ3) is 3.28. The third-order valence-corrected chi connectivity index (χ3v) is 3.60. The van der Waals surface area contributed by atoms with Crippen LogP contribution in [-0.2, 0) is 0 Å². The second kappa shape index (κ2) is 3.97. The van der Waals surface area contributed by atoms with E-state index in [-0.39, 0.29) is 0 Å². The molecule has 0 radical (unpaired) electrons. The van der Waals surface area contributed by atoms with Gasteiger partial charge in [-0.05, 0) is 20.9 Å². The summed E-state index contributed by atoms with van der Waals surface area (Å²) in [6, 6.07) is 0. The second-order valence-electron chi connectivity index (χ2n) is 5.38. The molecule has 1 aliphatic heterocycles. The van der Waals surface area contributed by atoms with Crippen LogP contribution in [0.1, 0.15) is 33.1 Å². The molecule has 0 unspecified atom stereocenters. The molecule has 0 saturated carbocycles. The normalized spacial score (nSPS) is 22.2. The van der Waals surface area contributed by atoms with Crippen molar-refractivity contribution in [1.29, 1.82) is 0 Å². The lowest BCUT2D eigenvalue weighted by Crippen LogP contribution is -2.47. The Labute approximate surface area is 82.9 Å². The average Bonchev–Trinajstić information content (AvgIpc) is 2.50. The van der Waals surface area contributed by atoms with Gasteiger partial charge in [0.05, 0.1) is 26.7 Å². The van der Waals surface area contributed by atoms with Crippen molar-refractivity contribution in [2.75, 3.05) is 33.7 Å². The topological polar surface area (TPSA) is 12.0 Å². The van der Waals surface area contributed by atoms with Crippen molar-refractivity contribution >= 4 is 0 Å². The van der Waals surface area contributed by atoms with Crippen molar-refractivity contribution in [2.45, 2.75) is 38.6 Å². The third-order valence-electron chi connectivity index (χ3n) is 3.60. The molecule has 2 nitrogen and oxygen atoms in total. The van der Waals surface area contributed by atoms with E-state index >= 15 is 0 Å². The summed E-state index contributed by atoms with van der Waals surface area (Å²) in [5.41, 5.74) is 0.309. The van der Waals surface area contributed by atoms with E-state index in [0.29, 0.717) is 5.54 Å². The van der Waals surface area contributed by atoms with Gasteiger partial charge in [-0.15, -0.1) is 0 Å². The first-order valence-electron chi connectivity index (χ1n) is 5.50. The van der Waals surface area contributed by atoms with Crippen LogP contribution in [0.3, 0.4) is 0 Å². The van der Waals surface area contributed by atoms with Gasteiger partial charge >= 0.3 is 0 Å². The highest BCUT2D eigenvalue weighted by Crippen LogP contribution is 2.19. The van der Waals surface area contributed by atoms with Crippen LogP contribution in [0.25, 0.3) is 0 Å². The first kappa shape index (κ1) is 11.0. The maximum absolute atomic E-state index is 3.37. The summed E-state index contributed by atoms with van der Waals surface area (Å²) >= 11 is 0. The molecule has 0 atom stereocenters. The molecule has 0 spiro atoms. The molecule has 0 aromatic heterocycles. The molecule has 0 aliphatic carbocycles. The van der Waals surface area contributed by atoms with Gasteiger partial charge in [-0.1, -0.05) is 0 Å². The van der Waals surface area contributed by atoms with Gasteiger partial charge in [0, 0.05) is 24.8 Å². The summed E-state index contributed by atoms with van der Waals surface area (Å²) in [7, 11) is 4.46. The predicted molar refractivity (Wildman–Crippen MR) is 57.8 cm³/mol. The van der Waals surface area contributed by atoms with Crippen molar-refractivity contribution in [3.05, 3.63) is 0 Å². The molecule has 13 heavy (non-hydrogen) atoms. The highest BCUT2D eigenvalue weighted by Gasteiger charge is 2.28. The van der Waals surface area contributed by atoms with Crippen LogP contribution >= 0.6 is 0 Å². The number of nitrogens with zero attached hydrogens (tertiary/aromatic N) is 1. The van der Waals surface area contributed by atoms with Crippen LogP contribution in [-0.4, -0.2) is 43.8 Å². The Morgan fingerprint density at radius 1 is 1.23 bits per heavy atom. The van der Waals surface area contributed by atoms with E-state index < -0.39 is 0 Å². The van der Waals surface area contributed by atoms with Gasteiger partial charge in [0.2, 0.25) is 0 Å². The summed E-state index contributed by atoms with van der Waals surface area (Å²) in [5.74, 6) is 0. The molecular formula is C11H25N2+. The Balaban J connectivity index is 2.32. The van der Waals surface area contributed by atoms with Gasteiger partial charge in [0.15, 0.2) is 0 Å². The molecule has 0 amide bonds. The lowest BCUT2D eigenvalue weighted by atomic mass is 10.0. The number of hydrogen-bond donors (Lipinski definition) is 1. The van der Waals surface area contributed by atoms with Crippen LogP contribution in [0.5, 0.6) is 0 Å². The van der Waals surface area contributed by atoms with E-state index in [1.165, 1.54) is 43.4 Å². The Morgan fingerprint density at radius 2 is 1.77 bits per heavy atom. The van der Waals surface area contributed by atoms with E-state index in [9.17, 15) is 0 Å². The lowest BCUT2D eigenvalue weighted by molar-refractivity contribution is -0.898. The highest BCUT2D eigenvalue weighted by atomic mass is 15.3. The molecule has 1 N–H and O–H groups in total. The number of rotatable bonds is 4. The molecule has 1 aliphatic rings. The van der Waals surface area contributed by atoms with Crippen LogP contribution in [0, 0.1) is 0 Å². The Kier molecular flexibility index (Phi) is 3.36. The minimum atomic E-state index is 0.309. The van der Waals surface area contributed by atoms with Gasteiger partial charge in [-0.25, -0.2) is 0 Å². The Hall–Kier alpha value is -0.0800. The minimum absolute atomic E-state index is 0.309. The Morgan fingerprint density at radius 3 is 2.23 bits per heavy atom. The molecule has 78 valence electrons. The molecule has 1 saturated heterocycles. The zero-order valence-corrected chi connectivity index (χ0v) is 9.69. The van der Waals surface area contributed by atoms with Crippen molar-refractivity contribution in [3.8, 4) is 0 Å². The molecule has 1 fully saturated rings. The van der Waals surface area contributed by atoms with E-state index in [1.54, 1.807) is 0 Å². The molecule has 2 heteroatoms. The predicted octanol–water partition coefficient (Wildman–Crippen LogP) is 1.61. The first-order chi connectivity index (χ1) is 5.97.